The fourth-order valence-corrected chi connectivity index (χ4v) is 2.26. The zero-order valence-corrected chi connectivity index (χ0v) is 12.3. The van der Waals surface area contributed by atoms with Crippen LogP contribution in [0.25, 0.3) is 0 Å². The van der Waals surface area contributed by atoms with Crippen LogP contribution in [-0.4, -0.2) is 41.8 Å². The molecule has 1 aliphatic rings. The number of nitrogens with two attached hydrogens (primary N) is 1. The highest BCUT2D eigenvalue weighted by atomic mass is 16.5. The molecule has 1 aromatic heterocycles. The van der Waals surface area contributed by atoms with E-state index in [1.807, 2.05) is 0 Å². The Kier molecular flexibility index (Phi) is 4.64. The summed E-state index contributed by atoms with van der Waals surface area (Å²) in [5.74, 6) is -0.680. The number of esters is 1. The van der Waals surface area contributed by atoms with Crippen LogP contribution in [0.5, 0.6) is 0 Å². The molecule has 21 heavy (non-hydrogen) atoms. The Balaban J connectivity index is 2.08. The molecule has 1 amide bonds. The number of anilines is 1. The summed E-state index contributed by atoms with van der Waals surface area (Å²) in [4.78, 5) is 24.0. The Morgan fingerprint density at radius 1 is 1.48 bits per heavy atom. The Labute approximate surface area is 123 Å². The van der Waals surface area contributed by atoms with E-state index in [1.165, 1.54) is 0 Å². The maximum absolute atomic E-state index is 12.3. The van der Waals surface area contributed by atoms with Crippen molar-refractivity contribution >= 4 is 17.6 Å². The van der Waals surface area contributed by atoms with Gasteiger partial charge in [0.2, 0.25) is 5.91 Å². The minimum absolute atomic E-state index is 0.258. The van der Waals surface area contributed by atoms with Crippen molar-refractivity contribution in [1.29, 1.82) is 0 Å². The summed E-state index contributed by atoms with van der Waals surface area (Å²) in [6, 6.07) is 1.58. The van der Waals surface area contributed by atoms with E-state index in [2.05, 4.69) is 5.32 Å². The molecule has 2 heterocycles. The van der Waals surface area contributed by atoms with Crippen molar-refractivity contribution in [1.82, 2.24) is 4.57 Å². The van der Waals surface area contributed by atoms with Crippen LogP contribution in [-0.2, 0) is 21.3 Å². The third kappa shape index (κ3) is 3.43. The number of ether oxygens (including phenoxy) is 2. The van der Waals surface area contributed by atoms with Crippen LogP contribution < -0.4 is 11.1 Å². The predicted octanol–water partition coefficient (Wildman–Crippen LogP) is 0.648. The van der Waals surface area contributed by atoms with Gasteiger partial charge in [-0.25, -0.2) is 4.79 Å². The average molecular weight is 295 g/mol. The number of amides is 1. The van der Waals surface area contributed by atoms with Gasteiger partial charge in [-0.3, -0.25) is 4.79 Å². The summed E-state index contributed by atoms with van der Waals surface area (Å²) >= 11 is 0. The maximum atomic E-state index is 12.3. The molecular formula is C14H21N3O4. The van der Waals surface area contributed by atoms with Gasteiger partial charge >= 0.3 is 5.97 Å². The second-order valence-electron chi connectivity index (χ2n) is 5.17. The molecular weight excluding hydrogens is 274 g/mol. The molecule has 3 N–H and O–H groups in total. The van der Waals surface area contributed by atoms with E-state index in [-0.39, 0.29) is 5.91 Å². The summed E-state index contributed by atoms with van der Waals surface area (Å²) in [5.41, 5.74) is 6.10. The molecule has 1 fully saturated rings. The minimum atomic E-state index is -0.918. The maximum Gasteiger partial charge on any atom is 0.355 e. The number of hydrogen-bond acceptors (Lipinski definition) is 5. The van der Waals surface area contributed by atoms with Gasteiger partial charge in [-0.2, -0.15) is 0 Å². The lowest BCUT2D eigenvalue weighted by atomic mass is 9.90. The molecule has 7 nitrogen and oxygen atoms in total. The largest absolute Gasteiger partial charge is 0.461 e. The molecule has 0 radical (unpaired) electrons. The SMILES string of the molecule is CCOC(=O)c1cc(NC(=O)C2(N)CCOCC2)cn1C. The molecule has 2 rings (SSSR count). The van der Waals surface area contributed by atoms with E-state index in [0.29, 0.717) is 44.0 Å². The van der Waals surface area contributed by atoms with Gasteiger partial charge in [0.1, 0.15) is 11.2 Å². The summed E-state index contributed by atoms with van der Waals surface area (Å²) < 4.78 is 11.8. The molecule has 0 saturated carbocycles. The van der Waals surface area contributed by atoms with Crippen molar-refractivity contribution in [2.24, 2.45) is 12.8 Å². The van der Waals surface area contributed by atoms with Crippen LogP contribution in [0.15, 0.2) is 12.3 Å². The molecule has 1 aromatic rings. The molecule has 7 heteroatoms. The van der Waals surface area contributed by atoms with Gasteiger partial charge in [-0.1, -0.05) is 0 Å². The molecule has 116 valence electrons. The van der Waals surface area contributed by atoms with Crippen LogP contribution in [0.4, 0.5) is 5.69 Å². The van der Waals surface area contributed by atoms with Gasteiger partial charge < -0.3 is 25.1 Å². The molecule has 0 aliphatic carbocycles. The van der Waals surface area contributed by atoms with E-state index in [4.69, 9.17) is 15.2 Å². The second kappa shape index (κ2) is 6.28. The van der Waals surface area contributed by atoms with Gasteiger partial charge in [0.15, 0.2) is 0 Å². The van der Waals surface area contributed by atoms with Crippen molar-refractivity contribution in [2.45, 2.75) is 25.3 Å². The van der Waals surface area contributed by atoms with Crippen molar-refractivity contribution in [3.8, 4) is 0 Å². The van der Waals surface area contributed by atoms with Gasteiger partial charge in [0.25, 0.3) is 0 Å². The monoisotopic (exact) mass is 295 g/mol. The summed E-state index contributed by atoms with van der Waals surface area (Å²) in [5, 5.41) is 2.76. The molecule has 0 bridgehead atoms. The van der Waals surface area contributed by atoms with Crippen molar-refractivity contribution in [2.75, 3.05) is 25.1 Å². The molecule has 0 spiro atoms. The lowest BCUT2D eigenvalue weighted by Gasteiger charge is -2.31. The fraction of sp³-hybridized carbons (Fsp3) is 0.571. The fourth-order valence-electron chi connectivity index (χ4n) is 2.26. The lowest BCUT2D eigenvalue weighted by Crippen LogP contribution is -2.54. The first kappa shape index (κ1) is 15.5. The smallest absolute Gasteiger partial charge is 0.355 e. The third-order valence-corrected chi connectivity index (χ3v) is 3.58. The summed E-state index contributed by atoms with van der Waals surface area (Å²) in [6.07, 6.45) is 2.62. The highest BCUT2D eigenvalue weighted by Crippen LogP contribution is 2.21. The van der Waals surface area contributed by atoms with E-state index in [1.54, 1.807) is 30.8 Å². The van der Waals surface area contributed by atoms with Gasteiger partial charge in [0, 0.05) is 26.5 Å². The number of aromatic nitrogens is 1. The van der Waals surface area contributed by atoms with E-state index in [0.717, 1.165) is 0 Å². The Morgan fingerprint density at radius 2 is 2.14 bits per heavy atom. The number of nitrogens with one attached hydrogen (secondary N) is 1. The summed E-state index contributed by atoms with van der Waals surface area (Å²) in [6.45, 7) is 3.00. The van der Waals surface area contributed by atoms with Crippen molar-refractivity contribution in [3.05, 3.63) is 18.0 Å². The quantitative estimate of drug-likeness (QED) is 0.795. The number of carbonyl (C=O) groups excluding carboxylic acids is 2. The average Bonchev–Trinajstić information content (AvgIpc) is 2.80. The molecule has 0 aromatic carbocycles. The van der Waals surface area contributed by atoms with Crippen LogP contribution in [0.1, 0.15) is 30.3 Å². The summed E-state index contributed by atoms with van der Waals surface area (Å²) in [7, 11) is 1.72. The highest BCUT2D eigenvalue weighted by Gasteiger charge is 2.36. The molecule has 1 saturated heterocycles. The van der Waals surface area contributed by atoms with Crippen LogP contribution in [0.3, 0.4) is 0 Å². The number of rotatable bonds is 4. The standard InChI is InChI=1S/C14H21N3O4/c1-3-21-12(18)11-8-10(9-17(11)2)16-13(19)14(15)4-6-20-7-5-14/h8-9H,3-7,15H2,1-2H3,(H,16,19). The first-order valence-electron chi connectivity index (χ1n) is 6.98. The number of hydrogen-bond donors (Lipinski definition) is 2. The molecule has 0 unspecified atom stereocenters. The zero-order chi connectivity index (χ0) is 15.5. The van der Waals surface area contributed by atoms with E-state index < -0.39 is 11.5 Å². The van der Waals surface area contributed by atoms with Crippen molar-refractivity contribution in [3.63, 3.8) is 0 Å². The Bertz CT molecular complexity index is 532. The van der Waals surface area contributed by atoms with Crippen LogP contribution in [0, 0.1) is 0 Å². The van der Waals surface area contributed by atoms with Crippen LogP contribution >= 0.6 is 0 Å². The number of aryl methyl sites for hydroxylation is 1. The van der Waals surface area contributed by atoms with Gasteiger partial charge in [-0.05, 0) is 25.8 Å². The van der Waals surface area contributed by atoms with Crippen LogP contribution in [0.2, 0.25) is 0 Å². The second-order valence-corrected chi connectivity index (χ2v) is 5.17. The first-order chi connectivity index (χ1) is 9.96. The predicted molar refractivity (Wildman–Crippen MR) is 77.0 cm³/mol. The number of nitrogens with zero attached hydrogens (tertiary/aromatic N) is 1. The molecule has 1 aliphatic heterocycles. The lowest BCUT2D eigenvalue weighted by molar-refractivity contribution is -0.124. The Morgan fingerprint density at radius 3 is 2.76 bits per heavy atom. The number of carbonyl (C=O) groups is 2. The van der Waals surface area contributed by atoms with Gasteiger partial charge in [-0.15, -0.1) is 0 Å². The van der Waals surface area contributed by atoms with Gasteiger partial charge in [0.05, 0.1) is 12.3 Å². The van der Waals surface area contributed by atoms with E-state index >= 15 is 0 Å². The highest BCUT2D eigenvalue weighted by molar-refractivity contribution is 5.99. The van der Waals surface area contributed by atoms with E-state index in [9.17, 15) is 9.59 Å². The normalized spacial score (nSPS) is 17.3. The first-order valence-corrected chi connectivity index (χ1v) is 6.98. The Hall–Kier alpha value is -1.86. The molecule has 0 atom stereocenters. The van der Waals surface area contributed by atoms with Crippen molar-refractivity contribution < 1.29 is 19.1 Å². The topological polar surface area (TPSA) is 95.6 Å². The third-order valence-electron chi connectivity index (χ3n) is 3.58. The minimum Gasteiger partial charge on any atom is -0.461 e. The zero-order valence-electron chi connectivity index (χ0n) is 12.3.